The molecule has 0 saturated carbocycles. The Hall–Kier alpha value is -2.54. The van der Waals surface area contributed by atoms with E-state index in [1.807, 2.05) is 19.2 Å². The van der Waals surface area contributed by atoms with Gasteiger partial charge in [0.15, 0.2) is 5.84 Å². The summed E-state index contributed by atoms with van der Waals surface area (Å²) in [5.41, 5.74) is 4.28. The molecule has 7 nitrogen and oxygen atoms in total. The number of nitrogens with zero attached hydrogens (tertiary/aromatic N) is 4. The van der Waals surface area contributed by atoms with Crippen LogP contribution in [0.5, 0.6) is 0 Å². The molecule has 25 heavy (non-hydrogen) atoms. The van der Waals surface area contributed by atoms with Gasteiger partial charge in [-0.3, -0.25) is 10.4 Å². The van der Waals surface area contributed by atoms with Gasteiger partial charge in [-0.15, -0.1) is 0 Å². The van der Waals surface area contributed by atoms with Crippen molar-refractivity contribution in [1.82, 2.24) is 19.9 Å². The number of rotatable bonds is 3. The molecule has 2 N–H and O–H groups in total. The van der Waals surface area contributed by atoms with Crippen molar-refractivity contribution in [3.05, 3.63) is 46.8 Å². The summed E-state index contributed by atoms with van der Waals surface area (Å²) in [6, 6.07) is 4.12. The minimum atomic E-state index is 0.283. The van der Waals surface area contributed by atoms with Crippen LogP contribution in [0.15, 0.2) is 23.3 Å². The number of aliphatic imine (C=N–C) groups is 1. The van der Waals surface area contributed by atoms with Crippen LogP contribution in [0.4, 0.5) is 0 Å². The fourth-order valence-electron chi connectivity index (χ4n) is 3.63. The zero-order chi connectivity index (χ0) is 17.2. The van der Waals surface area contributed by atoms with Gasteiger partial charge in [-0.25, -0.2) is 9.98 Å². The first kappa shape index (κ1) is 16.0. The number of ether oxygens (including phenoxy) is 1. The molecular formula is C18H22N6O. The molecule has 0 unspecified atom stereocenters. The molecule has 0 aliphatic carbocycles. The first-order chi connectivity index (χ1) is 12.3. The van der Waals surface area contributed by atoms with E-state index in [2.05, 4.69) is 25.9 Å². The Morgan fingerprint density at radius 1 is 1.52 bits per heavy atom. The normalized spacial score (nSPS) is 20.6. The Balaban J connectivity index is 1.69. The predicted molar refractivity (Wildman–Crippen MR) is 95.2 cm³/mol. The summed E-state index contributed by atoms with van der Waals surface area (Å²) in [7, 11) is 0. The number of H-pyrrole nitrogens is 1. The number of pyridine rings is 1. The number of aromatic nitrogens is 3. The van der Waals surface area contributed by atoms with Crippen LogP contribution in [0.3, 0.4) is 0 Å². The molecule has 0 radical (unpaired) electrons. The van der Waals surface area contributed by atoms with Crippen molar-refractivity contribution >= 4 is 12.2 Å². The van der Waals surface area contributed by atoms with Gasteiger partial charge < -0.3 is 14.6 Å². The van der Waals surface area contributed by atoms with Crippen LogP contribution in [0.2, 0.25) is 0 Å². The third kappa shape index (κ3) is 3.07. The van der Waals surface area contributed by atoms with Crippen LogP contribution in [-0.4, -0.2) is 51.8 Å². The van der Waals surface area contributed by atoms with Gasteiger partial charge in [-0.1, -0.05) is 6.07 Å². The highest BCUT2D eigenvalue weighted by molar-refractivity contribution is 6.01. The van der Waals surface area contributed by atoms with E-state index in [4.69, 9.17) is 15.1 Å². The van der Waals surface area contributed by atoms with Crippen LogP contribution in [0.25, 0.3) is 0 Å². The first-order valence-electron chi connectivity index (χ1n) is 8.65. The van der Waals surface area contributed by atoms with Crippen molar-refractivity contribution in [2.45, 2.75) is 32.2 Å². The van der Waals surface area contributed by atoms with Crippen LogP contribution in [0, 0.1) is 12.3 Å². The minimum absolute atomic E-state index is 0.283. The van der Waals surface area contributed by atoms with Gasteiger partial charge in [0, 0.05) is 25.3 Å². The molecule has 1 atom stereocenters. The maximum atomic E-state index is 7.52. The number of hydrogen-bond acceptors (Lipinski definition) is 4. The third-order valence-corrected chi connectivity index (χ3v) is 4.85. The van der Waals surface area contributed by atoms with Crippen LogP contribution in [0.1, 0.15) is 40.8 Å². The summed E-state index contributed by atoms with van der Waals surface area (Å²) in [6.45, 7) is 4.97. The second-order valence-corrected chi connectivity index (χ2v) is 6.51. The fraction of sp³-hybridized carbons (Fsp3) is 0.444. The molecule has 7 heteroatoms. The second kappa shape index (κ2) is 6.76. The lowest BCUT2D eigenvalue weighted by atomic mass is 10.0. The molecule has 130 valence electrons. The van der Waals surface area contributed by atoms with Gasteiger partial charge in [0.1, 0.15) is 17.9 Å². The summed E-state index contributed by atoms with van der Waals surface area (Å²) in [5.74, 6) is 1.92. The molecule has 0 spiro atoms. The molecule has 0 amide bonds. The topological polar surface area (TPSA) is 90.2 Å². The molecular weight excluding hydrogens is 316 g/mol. The van der Waals surface area contributed by atoms with E-state index in [9.17, 15) is 0 Å². The minimum Gasteiger partial charge on any atom is -0.381 e. The summed E-state index contributed by atoms with van der Waals surface area (Å²) < 4.78 is 5.55. The average Bonchev–Trinajstić information content (AvgIpc) is 3.28. The Labute approximate surface area is 146 Å². The lowest BCUT2D eigenvalue weighted by molar-refractivity contribution is 0.193. The largest absolute Gasteiger partial charge is 0.381 e. The Morgan fingerprint density at radius 2 is 2.44 bits per heavy atom. The standard InChI is InChI=1S/C18H22N6O/c1-12-22-16(14-5-8-25-10-14)17(23-12)18(21-11-19)24-7-4-13-3-2-6-20-15(13)9-24/h2-3,6,11,14,19H,4-5,7-10H2,1H3,(H,22,23)/b19-11?,21-18+/t14-/m1/s1. The lowest BCUT2D eigenvalue weighted by Crippen LogP contribution is -2.38. The third-order valence-electron chi connectivity index (χ3n) is 4.85. The van der Waals surface area contributed by atoms with E-state index in [1.165, 1.54) is 5.56 Å². The predicted octanol–water partition coefficient (Wildman–Crippen LogP) is 2.03. The van der Waals surface area contributed by atoms with Crippen molar-refractivity contribution in [2.24, 2.45) is 4.99 Å². The SMILES string of the molecule is Cc1nc([C@@H]2CCOC2)c(/C(=N\C=N)N2CCc3cccnc3C2)[nH]1. The Bertz CT molecular complexity index is 806. The van der Waals surface area contributed by atoms with Gasteiger partial charge in [-0.2, -0.15) is 0 Å². The summed E-state index contributed by atoms with van der Waals surface area (Å²) in [6.07, 6.45) is 4.83. The van der Waals surface area contributed by atoms with E-state index in [-0.39, 0.29) is 5.92 Å². The lowest BCUT2D eigenvalue weighted by Gasteiger charge is -2.30. The van der Waals surface area contributed by atoms with Gasteiger partial charge in [0.05, 0.1) is 24.5 Å². The average molecular weight is 338 g/mol. The number of imidazole rings is 1. The molecule has 4 heterocycles. The van der Waals surface area contributed by atoms with Crippen molar-refractivity contribution in [3.8, 4) is 0 Å². The summed E-state index contributed by atoms with van der Waals surface area (Å²) in [5, 5.41) is 7.52. The van der Waals surface area contributed by atoms with Crippen LogP contribution >= 0.6 is 0 Å². The fourth-order valence-corrected chi connectivity index (χ4v) is 3.63. The highest BCUT2D eigenvalue weighted by Gasteiger charge is 2.29. The van der Waals surface area contributed by atoms with Crippen LogP contribution in [-0.2, 0) is 17.7 Å². The maximum Gasteiger partial charge on any atom is 0.156 e. The zero-order valence-electron chi connectivity index (χ0n) is 14.3. The summed E-state index contributed by atoms with van der Waals surface area (Å²) >= 11 is 0. The van der Waals surface area contributed by atoms with Crippen molar-refractivity contribution in [1.29, 1.82) is 5.41 Å². The molecule has 2 aromatic heterocycles. The van der Waals surface area contributed by atoms with Gasteiger partial charge in [0.2, 0.25) is 0 Å². The van der Waals surface area contributed by atoms with Crippen molar-refractivity contribution in [3.63, 3.8) is 0 Å². The van der Waals surface area contributed by atoms with E-state index in [0.29, 0.717) is 13.2 Å². The van der Waals surface area contributed by atoms with Gasteiger partial charge in [0.25, 0.3) is 0 Å². The van der Waals surface area contributed by atoms with E-state index in [0.717, 1.165) is 61.1 Å². The number of hydrogen-bond donors (Lipinski definition) is 2. The number of aryl methyl sites for hydroxylation is 1. The maximum absolute atomic E-state index is 7.52. The number of amidine groups is 1. The Morgan fingerprint density at radius 3 is 3.24 bits per heavy atom. The highest BCUT2D eigenvalue weighted by Crippen LogP contribution is 2.28. The first-order valence-corrected chi connectivity index (χ1v) is 8.65. The zero-order valence-corrected chi connectivity index (χ0v) is 14.3. The molecule has 1 saturated heterocycles. The smallest absolute Gasteiger partial charge is 0.156 e. The van der Waals surface area contributed by atoms with Gasteiger partial charge >= 0.3 is 0 Å². The number of aromatic amines is 1. The Kier molecular flexibility index (Phi) is 4.31. The van der Waals surface area contributed by atoms with E-state index >= 15 is 0 Å². The molecule has 1 fully saturated rings. The molecule has 2 aliphatic rings. The summed E-state index contributed by atoms with van der Waals surface area (Å²) in [4.78, 5) is 19.1. The molecule has 2 aliphatic heterocycles. The number of nitrogens with one attached hydrogen (secondary N) is 2. The van der Waals surface area contributed by atoms with E-state index < -0.39 is 0 Å². The van der Waals surface area contributed by atoms with Crippen molar-refractivity contribution < 1.29 is 4.74 Å². The second-order valence-electron chi connectivity index (χ2n) is 6.51. The van der Waals surface area contributed by atoms with Gasteiger partial charge in [-0.05, 0) is 31.4 Å². The molecule has 4 rings (SSSR count). The number of fused-ring (bicyclic) bond motifs is 1. The molecule has 0 bridgehead atoms. The van der Waals surface area contributed by atoms with Crippen LogP contribution < -0.4 is 0 Å². The highest BCUT2D eigenvalue weighted by atomic mass is 16.5. The quantitative estimate of drug-likeness (QED) is 0.662. The van der Waals surface area contributed by atoms with Crippen molar-refractivity contribution in [2.75, 3.05) is 19.8 Å². The van der Waals surface area contributed by atoms with E-state index in [1.54, 1.807) is 0 Å². The molecule has 2 aromatic rings. The monoisotopic (exact) mass is 338 g/mol. The molecule has 0 aromatic carbocycles.